The molecule has 2 rings (SSSR count). The van der Waals surface area contributed by atoms with Gasteiger partial charge in [-0.1, -0.05) is 24.9 Å². The Morgan fingerprint density at radius 1 is 1.31 bits per heavy atom. The van der Waals surface area contributed by atoms with Gasteiger partial charge in [-0.15, -0.1) is 0 Å². The number of nitrogens with zero attached hydrogens (tertiary/aromatic N) is 2. The molecule has 0 aliphatic heterocycles. The van der Waals surface area contributed by atoms with Crippen molar-refractivity contribution in [2.24, 2.45) is 0 Å². The van der Waals surface area contributed by atoms with Crippen LogP contribution in [-0.4, -0.2) is 23.2 Å². The van der Waals surface area contributed by atoms with Gasteiger partial charge < -0.3 is 15.4 Å². The van der Waals surface area contributed by atoms with Crippen LogP contribution in [0.4, 0.5) is 11.5 Å². The van der Waals surface area contributed by atoms with Crippen molar-refractivity contribution in [3.63, 3.8) is 0 Å². The molecule has 0 atom stereocenters. The van der Waals surface area contributed by atoms with Crippen molar-refractivity contribution in [1.29, 1.82) is 0 Å². The molecule has 0 saturated carbocycles. The Balaban J connectivity index is 2.49. The van der Waals surface area contributed by atoms with Crippen LogP contribution in [0.5, 0.6) is 5.75 Å². The monoisotopic (exact) mass is 380 g/mol. The lowest BCUT2D eigenvalue weighted by atomic mass is 10.1. The number of halogens is 1. The maximum absolute atomic E-state index is 12.5. The normalized spacial score (nSPS) is 10.8. The first-order valence-corrected chi connectivity index (χ1v) is 9.00. The Morgan fingerprint density at radius 2 is 2.04 bits per heavy atom. The van der Waals surface area contributed by atoms with E-state index in [4.69, 9.17) is 22.1 Å². The van der Waals surface area contributed by atoms with Gasteiger partial charge in [0.25, 0.3) is 5.56 Å². The van der Waals surface area contributed by atoms with Crippen LogP contribution < -0.4 is 26.6 Å². The van der Waals surface area contributed by atoms with Gasteiger partial charge >= 0.3 is 5.69 Å². The summed E-state index contributed by atoms with van der Waals surface area (Å²) in [6.45, 7) is 5.30. The molecule has 0 spiro atoms. The summed E-state index contributed by atoms with van der Waals surface area (Å²) >= 11 is 6.10. The lowest BCUT2D eigenvalue weighted by molar-refractivity contribution is 0.409. The van der Waals surface area contributed by atoms with Gasteiger partial charge in [0.1, 0.15) is 17.3 Å². The van der Waals surface area contributed by atoms with Crippen LogP contribution in [0, 0.1) is 0 Å². The lowest BCUT2D eigenvalue weighted by Crippen LogP contribution is -2.38. The van der Waals surface area contributed by atoms with Gasteiger partial charge in [-0.25, -0.2) is 4.79 Å². The molecule has 7 nitrogen and oxygen atoms in total. The van der Waals surface area contributed by atoms with E-state index in [1.54, 1.807) is 25.3 Å². The van der Waals surface area contributed by atoms with Crippen molar-refractivity contribution in [3.05, 3.63) is 49.6 Å². The third-order valence-corrected chi connectivity index (χ3v) is 4.49. The number of methoxy groups -OCH3 is 1. The quantitative estimate of drug-likeness (QED) is 0.734. The number of aromatic nitrogens is 2. The van der Waals surface area contributed by atoms with Crippen LogP contribution in [0.15, 0.2) is 27.8 Å². The van der Waals surface area contributed by atoms with Crippen LogP contribution in [-0.2, 0) is 13.1 Å². The fourth-order valence-electron chi connectivity index (χ4n) is 2.85. The second kappa shape index (κ2) is 8.80. The predicted octanol–water partition coefficient (Wildman–Crippen LogP) is 2.61. The maximum atomic E-state index is 12.5. The highest BCUT2D eigenvalue weighted by atomic mass is 35.5. The number of aromatic amines is 1. The SMILES string of the molecule is CCCCn1c(N)c(N(CC)Cc2cc(Cl)ccc2OC)c(=O)[nH]c1=O. The summed E-state index contributed by atoms with van der Waals surface area (Å²) in [4.78, 5) is 28.7. The van der Waals surface area contributed by atoms with E-state index >= 15 is 0 Å². The van der Waals surface area contributed by atoms with Crippen LogP contribution in [0.1, 0.15) is 32.3 Å². The zero-order valence-electron chi connectivity index (χ0n) is 15.3. The third-order valence-electron chi connectivity index (χ3n) is 4.25. The molecule has 26 heavy (non-hydrogen) atoms. The molecule has 0 aliphatic carbocycles. The van der Waals surface area contributed by atoms with Gasteiger partial charge in [0.15, 0.2) is 0 Å². The fraction of sp³-hybridized carbons (Fsp3) is 0.444. The van der Waals surface area contributed by atoms with E-state index in [2.05, 4.69) is 4.98 Å². The van der Waals surface area contributed by atoms with Gasteiger partial charge in [-0.2, -0.15) is 0 Å². The Morgan fingerprint density at radius 3 is 2.65 bits per heavy atom. The maximum Gasteiger partial charge on any atom is 0.330 e. The van der Waals surface area contributed by atoms with E-state index < -0.39 is 11.2 Å². The number of nitrogens with one attached hydrogen (secondary N) is 1. The summed E-state index contributed by atoms with van der Waals surface area (Å²) in [6.07, 6.45) is 1.71. The average molecular weight is 381 g/mol. The third kappa shape index (κ3) is 4.22. The Hall–Kier alpha value is -2.41. The molecule has 0 saturated heterocycles. The number of H-pyrrole nitrogens is 1. The van der Waals surface area contributed by atoms with Crippen LogP contribution in [0.2, 0.25) is 5.02 Å². The first-order valence-electron chi connectivity index (χ1n) is 8.62. The molecule has 8 heteroatoms. The molecule has 142 valence electrons. The first-order chi connectivity index (χ1) is 12.4. The molecule has 1 aromatic heterocycles. The molecule has 3 N–H and O–H groups in total. The molecule has 1 heterocycles. The Labute approximate surface area is 157 Å². The number of nitrogens with two attached hydrogens (primary N) is 1. The highest BCUT2D eigenvalue weighted by Gasteiger charge is 2.19. The minimum absolute atomic E-state index is 0.176. The lowest BCUT2D eigenvalue weighted by Gasteiger charge is -2.25. The van der Waals surface area contributed by atoms with E-state index in [1.807, 2.05) is 18.7 Å². The van der Waals surface area contributed by atoms with Crippen molar-refractivity contribution in [2.45, 2.75) is 39.8 Å². The zero-order chi connectivity index (χ0) is 19.3. The highest BCUT2D eigenvalue weighted by molar-refractivity contribution is 6.30. The fourth-order valence-corrected chi connectivity index (χ4v) is 3.04. The van der Waals surface area contributed by atoms with Crippen molar-refractivity contribution in [1.82, 2.24) is 9.55 Å². The summed E-state index contributed by atoms with van der Waals surface area (Å²) in [5.41, 5.74) is 6.33. The zero-order valence-corrected chi connectivity index (χ0v) is 16.1. The van der Waals surface area contributed by atoms with E-state index in [0.29, 0.717) is 30.4 Å². The number of hydrogen-bond donors (Lipinski definition) is 2. The van der Waals surface area contributed by atoms with Gasteiger partial charge in [-0.3, -0.25) is 14.3 Å². The largest absolute Gasteiger partial charge is 0.496 e. The van der Waals surface area contributed by atoms with E-state index in [0.717, 1.165) is 18.4 Å². The number of unbranched alkanes of at least 4 members (excludes halogenated alkanes) is 1. The summed E-state index contributed by atoms with van der Waals surface area (Å²) in [6, 6.07) is 5.31. The van der Waals surface area contributed by atoms with E-state index in [-0.39, 0.29) is 11.5 Å². The number of anilines is 2. The van der Waals surface area contributed by atoms with Gasteiger partial charge in [0, 0.05) is 30.2 Å². The number of ether oxygens (including phenoxy) is 1. The first kappa shape index (κ1) is 19.9. The molecule has 2 aromatic rings. The summed E-state index contributed by atoms with van der Waals surface area (Å²) in [5, 5.41) is 0.576. The number of rotatable bonds is 8. The molecule has 0 amide bonds. The molecular weight excluding hydrogens is 356 g/mol. The number of nitrogen functional groups attached to an aromatic ring is 1. The van der Waals surface area contributed by atoms with Crippen molar-refractivity contribution in [3.8, 4) is 5.75 Å². The molecule has 1 aromatic carbocycles. The van der Waals surface area contributed by atoms with Gasteiger partial charge in [-0.05, 0) is 31.5 Å². The Bertz CT molecular complexity index is 876. The van der Waals surface area contributed by atoms with Crippen molar-refractivity contribution in [2.75, 3.05) is 24.3 Å². The van der Waals surface area contributed by atoms with Crippen LogP contribution in [0.3, 0.4) is 0 Å². The van der Waals surface area contributed by atoms with Crippen LogP contribution in [0.25, 0.3) is 0 Å². The van der Waals surface area contributed by atoms with Crippen molar-refractivity contribution >= 4 is 23.1 Å². The van der Waals surface area contributed by atoms with E-state index in [9.17, 15) is 9.59 Å². The molecule has 0 bridgehead atoms. The smallest absolute Gasteiger partial charge is 0.330 e. The molecule has 0 unspecified atom stereocenters. The van der Waals surface area contributed by atoms with Gasteiger partial charge in [0.2, 0.25) is 0 Å². The standard InChI is InChI=1S/C18H25ClN4O3/c1-4-6-9-23-16(20)15(17(24)21-18(23)25)22(5-2)11-12-10-13(19)7-8-14(12)26-3/h7-8,10H,4-6,9,11,20H2,1-3H3,(H,21,24,25). The highest BCUT2D eigenvalue weighted by Crippen LogP contribution is 2.26. The second-order valence-corrected chi connectivity index (χ2v) is 6.41. The second-order valence-electron chi connectivity index (χ2n) is 5.97. The topological polar surface area (TPSA) is 93.3 Å². The van der Waals surface area contributed by atoms with Gasteiger partial charge in [0.05, 0.1) is 7.11 Å². The van der Waals surface area contributed by atoms with E-state index in [1.165, 1.54) is 4.57 Å². The average Bonchev–Trinajstić information content (AvgIpc) is 2.60. The molecular formula is C18H25ClN4O3. The summed E-state index contributed by atoms with van der Waals surface area (Å²) in [7, 11) is 1.58. The minimum atomic E-state index is -0.497. The predicted molar refractivity (Wildman–Crippen MR) is 105 cm³/mol. The number of hydrogen-bond acceptors (Lipinski definition) is 5. The summed E-state index contributed by atoms with van der Waals surface area (Å²) < 4.78 is 6.80. The number of benzene rings is 1. The molecule has 0 aliphatic rings. The molecule has 0 fully saturated rings. The Kier molecular flexibility index (Phi) is 6.74. The summed E-state index contributed by atoms with van der Waals surface area (Å²) in [5.74, 6) is 0.845. The van der Waals surface area contributed by atoms with Crippen molar-refractivity contribution < 1.29 is 4.74 Å². The molecule has 0 radical (unpaired) electrons. The van der Waals surface area contributed by atoms with Crippen LogP contribution >= 0.6 is 11.6 Å². The minimum Gasteiger partial charge on any atom is -0.496 e.